The van der Waals surface area contributed by atoms with E-state index < -0.39 is 209 Å². The van der Waals surface area contributed by atoms with Crippen LogP contribution in [0.25, 0.3) is 0 Å². The number of nitrogens with zero attached hydrogens (tertiary/aromatic N) is 3. The van der Waals surface area contributed by atoms with Crippen molar-refractivity contribution in [2.45, 2.75) is 429 Å². The molecular weight excluding hydrogens is 1640 g/mol. The number of aliphatic hydroxyl groups is 9. The number of rotatable bonds is 19. The Kier molecular flexibility index (Phi) is 42.2. The Morgan fingerprint density at radius 2 is 0.921 bits per heavy atom. The summed E-state index contributed by atoms with van der Waals surface area (Å²) in [6.45, 7) is 51.8. The lowest BCUT2D eigenvalue weighted by atomic mass is 9.77. The summed E-state index contributed by atoms with van der Waals surface area (Å²) >= 11 is 0. The van der Waals surface area contributed by atoms with E-state index in [-0.39, 0.29) is 93.6 Å². The number of hydrogen-bond acceptors (Lipinski definition) is 34. The highest BCUT2D eigenvalue weighted by Gasteiger charge is 2.57. The largest absolute Gasteiger partial charge is 0.509 e. The van der Waals surface area contributed by atoms with E-state index in [1.165, 1.54) is 21.1 Å². The van der Waals surface area contributed by atoms with E-state index in [2.05, 4.69) is 23.7 Å². The molecule has 0 aliphatic carbocycles. The molecular formula is C92H168N4O30. The zero-order chi connectivity index (χ0) is 96.0. The molecule has 34 nitrogen and oxygen atoms in total. The van der Waals surface area contributed by atoms with E-state index >= 15 is 0 Å². The quantitative estimate of drug-likeness (QED) is 0.0334. The fraction of sp³-hybridized carbons (Fsp3) is 0.913. The van der Waals surface area contributed by atoms with Crippen molar-refractivity contribution in [2.75, 3.05) is 75.3 Å². The van der Waals surface area contributed by atoms with Crippen molar-refractivity contribution in [1.82, 2.24) is 20.0 Å². The monoisotopic (exact) mass is 1810 g/mol. The number of ether oxygens (including phenoxy) is 17. The Hall–Kier alpha value is -4.00. The molecule has 0 aromatic carbocycles. The highest BCUT2D eigenvalue weighted by Crippen LogP contribution is 2.45. The standard InChI is InChI=1S/C41H74N2O12.C37H70N2O12.C14H24O6/c1-15-28-21-43-20-22(3)18-39(9,47)35(55-38-32(44)29(42(12)13)17-23(4)50-38)24(5)33(54-31-19-40(10,49-14)34(45)27(8)51-31)25(6)37(46)53-30(16-2)41(11,48)36(52-28)26(43)7;1-14-26-37(10,45)30(41)23(6)38-18-19(2)16-35(8,44)32(51-34-28(40)25(39(11)12)15-20(3)47-34)21(4)29(22(5)33(43)49-26)50-27-17-36(9,46-13)31(42)24(7)48-27;1-13(2,3)19-11(15)17-9-7-8-10-18-12(16)20-14(4,5)6/h15,22-36,38,44-45,47-48H,1,16-21H2,2-14H3;19-32,34,38,40-42,44-45H,14-18H2,1-13H3;7-8H,9-10H2,1-6H3/b;;8-7-/t22-,23-,24+,25-,26-,27+,28?,29+,30-,31?,32-,33+,34+,35-,36-,38+,39-,40-,41-;19-,20-,21+,22-,23-,24+,25+,26-,27?,28-,29+,30-,31+,32-,34+,35-,36-,37-;/m11./s1. The lowest BCUT2D eigenvalue weighted by Gasteiger charge is -2.50. The molecule has 0 spiro atoms. The number of morpholine rings is 1. The van der Waals surface area contributed by atoms with Crippen molar-refractivity contribution in [3.63, 3.8) is 0 Å². The Labute approximate surface area is 751 Å². The molecule has 0 radical (unpaired) electrons. The Bertz CT molecular complexity index is 3320. The van der Waals surface area contributed by atoms with Gasteiger partial charge in [-0.05, 0) is 236 Å². The Morgan fingerprint density at radius 3 is 1.28 bits per heavy atom. The van der Waals surface area contributed by atoms with Crippen LogP contribution in [0.5, 0.6) is 0 Å². The van der Waals surface area contributed by atoms with Crippen molar-refractivity contribution in [3.8, 4) is 0 Å². The molecule has 4 unspecified atom stereocenters. The zero-order valence-electron chi connectivity index (χ0n) is 82.0. The van der Waals surface area contributed by atoms with Crippen LogP contribution in [0, 0.1) is 35.5 Å². The summed E-state index contributed by atoms with van der Waals surface area (Å²) in [6.07, 6.45) is -12.5. The molecule has 126 heavy (non-hydrogen) atoms. The predicted octanol–water partition coefficient (Wildman–Crippen LogP) is 7.87. The molecule has 2 bridgehead atoms. The van der Waals surface area contributed by atoms with Gasteiger partial charge in [-0.2, -0.15) is 0 Å². The second kappa shape index (κ2) is 47.3. The van der Waals surface area contributed by atoms with Crippen LogP contribution in [0.15, 0.2) is 24.8 Å². The number of methoxy groups -OCH3 is 2. The summed E-state index contributed by atoms with van der Waals surface area (Å²) in [7, 11) is 10.6. The van der Waals surface area contributed by atoms with Gasteiger partial charge in [-0.1, -0.05) is 47.6 Å². The first-order valence-corrected chi connectivity index (χ1v) is 45.5. The number of nitrogens with one attached hydrogen (secondary N) is 1. The molecule has 7 heterocycles. The maximum absolute atomic E-state index is 14.4. The van der Waals surface area contributed by atoms with Crippen LogP contribution in [0.4, 0.5) is 9.59 Å². The first-order valence-electron chi connectivity index (χ1n) is 45.5. The van der Waals surface area contributed by atoms with Crippen molar-refractivity contribution in [2.24, 2.45) is 35.5 Å². The zero-order valence-corrected chi connectivity index (χ0v) is 82.0. The third kappa shape index (κ3) is 30.5. The van der Waals surface area contributed by atoms with Gasteiger partial charge in [0.05, 0.1) is 89.2 Å². The predicted molar refractivity (Wildman–Crippen MR) is 469 cm³/mol. The molecule has 7 aliphatic rings. The van der Waals surface area contributed by atoms with E-state index in [0.29, 0.717) is 38.9 Å². The number of aliphatic hydroxyl groups excluding tert-OH is 5. The molecule has 7 rings (SSSR count). The van der Waals surface area contributed by atoms with Gasteiger partial charge in [0.15, 0.2) is 25.2 Å². The summed E-state index contributed by atoms with van der Waals surface area (Å²) in [6, 6.07) is -1.40. The fourth-order valence-electron chi connectivity index (χ4n) is 19.0. The number of carbonyl (C=O) groups is 4. The molecule has 0 aromatic heterocycles. The van der Waals surface area contributed by atoms with Gasteiger partial charge in [0.1, 0.15) is 84.4 Å². The van der Waals surface area contributed by atoms with Gasteiger partial charge < -0.3 is 142 Å². The van der Waals surface area contributed by atoms with Gasteiger partial charge in [-0.15, -0.1) is 6.58 Å². The van der Waals surface area contributed by atoms with Crippen molar-refractivity contribution < 1.29 is 146 Å². The van der Waals surface area contributed by atoms with Gasteiger partial charge in [-0.25, -0.2) is 9.59 Å². The maximum Gasteiger partial charge on any atom is 0.509 e. The number of likely N-dealkylation sites (N-methyl/N-ethyl adjacent to an activating group) is 2. The van der Waals surface area contributed by atoms with Gasteiger partial charge >= 0.3 is 24.2 Å². The molecule has 10 N–H and O–H groups in total. The van der Waals surface area contributed by atoms with Crippen molar-refractivity contribution in [3.05, 3.63) is 24.8 Å². The molecule has 7 fully saturated rings. The first kappa shape index (κ1) is 113. The molecule has 38 atom stereocenters. The van der Waals surface area contributed by atoms with Crippen LogP contribution in [-0.4, -0.2) is 358 Å². The maximum atomic E-state index is 14.4. The smallest absolute Gasteiger partial charge is 0.459 e. The lowest BCUT2D eigenvalue weighted by molar-refractivity contribution is -0.318. The van der Waals surface area contributed by atoms with E-state index in [0.717, 1.165) is 0 Å². The average Bonchev–Trinajstić information content (AvgIpc) is 1.19. The first-order chi connectivity index (χ1) is 58.0. The van der Waals surface area contributed by atoms with E-state index in [9.17, 15) is 65.1 Å². The summed E-state index contributed by atoms with van der Waals surface area (Å²) < 4.78 is 101. The topological polar surface area (TPSA) is 429 Å². The molecule has 736 valence electrons. The van der Waals surface area contributed by atoms with E-state index in [1.54, 1.807) is 136 Å². The van der Waals surface area contributed by atoms with Crippen LogP contribution in [-0.2, 0) is 90.1 Å². The minimum atomic E-state index is -1.80. The Morgan fingerprint density at radius 1 is 0.540 bits per heavy atom. The van der Waals surface area contributed by atoms with Crippen LogP contribution in [0.2, 0.25) is 0 Å². The van der Waals surface area contributed by atoms with E-state index in [4.69, 9.17) is 80.5 Å². The number of esters is 2. The molecule has 7 saturated heterocycles. The second-order valence-electron chi connectivity index (χ2n) is 40.8. The molecule has 0 aromatic rings. The van der Waals surface area contributed by atoms with Crippen molar-refractivity contribution >= 4 is 24.2 Å². The average molecular weight is 1810 g/mol. The van der Waals surface area contributed by atoms with Gasteiger partial charge in [0.2, 0.25) is 0 Å². The second-order valence-corrected chi connectivity index (χ2v) is 40.8. The Balaban J connectivity index is 0.000000369. The number of fused-ring (bicyclic) bond motifs is 2. The number of cyclic esters (lactones) is 2. The third-order valence-electron chi connectivity index (χ3n) is 26.3. The lowest BCUT2D eigenvalue weighted by Crippen LogP contribution is -2.65. The molecule has 0 saturated carbocycles. The number of carbonyl (C=O) groups excluding carboxylic acids is 4. The highest BCUT2D eigenvalue weighted by atomic mass is 16.8. The normalized spacial score (nSPS) is 44.3. The van der Waals surface area contributed by atoms with Crippen LogP contribution in [0.3, 0.4) is 0 Å². The minimum absolute atomic E-state index is 0.0482. The SMILES string of the molecule is C=CC1CN2C[C@H](C)C[C@@](C)(O)[C@H](O[C@@H]3O[C@H](C)C[C@H](N(C)C)[C@H]3O)[C@@H](C)[C@H](OC3C[C@@](C)(OC)[C@@H](O)[C@H](C)O3)[C@@H](C)C(=O)O[C@H](CC)[C@@](C)(O)[C@H](O1)[C@H]2C.CC(C)(C)OC(=O)OC/C=C\COC(=O)OC(C)(C)C.CC[C@H]1OC(=O)[C@H](C)[C@@H](OC2C[C@@](C)(OC)[C@@H](O)[C@H](C)O2)[C@H](C)[C@@H](O[C@@H]2O[C@H](C)C[C@H](N(C)C)[C@H]2O)[C@](C)(O)C[C@@H](C)CN[C@H](C)[C@@H](O)[C@]1(C)O. The van der Waals surface area contributed by atoms with Crippen molar-refractivity contribution in [1.29, 1.82) is 0 Å². The summed E-state index contributed by atoms with van der Waals surface area (Å²) in [5.41, 5.74) is -9.67. The van der Waals surface area contributed by atoms with Crippen LogP contribution < -0.4 is 5.32 Å². The molecule has 34 heteroatoms. The third-order valence-corrected chi connectivity index (χ3v) is 26.3. The highest BCUT2D eigenvalue weighted by molar-refractivity contribution is 5.73. The van der Waals surface area contributed by atoms with Gasteiger partial charge in [0.25, 0.3) is 0 Å². The van der Waals surface area contributed by atoms with Crippen LogP contribution in [0.1, 0.15) is 231 Å². The molecule has 7 aliphatic heterocycles. The summed E-state index contributed by atoms with van der Waals surface area (Å²) in [5.74, 6) is -5.03. The van der Waals surface area contributed by atoms with Crippen LogP contribution >= 0.6 is 0 Å². The minimum Gasteiger partial charge on any atom is -0.459 e. The summed E-state index contributed by atoms with van der Waals surface area (Å²) in [5, 5.41) is 108. The van der Waals surface area contributed by atoms with Gasteiger partial charge in [-0.3, -0.25) is 14.5 Å². The van der Waals surface area contributed by atoms with Gasteiger partial charge in [0, 0.05) is 76.2 Å². The summed E-state index contributed by atoms with van der Waals surface area (Å²) in [4.78, 5) is 57.0. The number of hydrogen-bond donors (Lipinski definition) is 10. The van der Waals surface area contributed by atoms with E-state index in [1.807, 2.05) is 86.5 Å². The molecule has 0 amide bonds. The fourth-order valence-corrected chi connectivity index (χ4v) is 19.0.